The lowest BCUT2D eigenvalue weighted by molar-refractivity contribution is -0.137. The summed E-state index contributed by atoms with van der Waals surface area (Å²) in [5.41, 5.74) is 0.552. The van der Waals surface area contributed by atoms with Crippen molar-refractivity contribution in [2.75, 3.05) is 0 Å². The molecular weight excluding hydrogens is 259 g/mol. The van der Waals surface area contributed by atoms with Gasteiger partial charge in [0.25, 0.3) is 5.91 Å². The average molecular weight is 269 g/mol. The molecule has 6 heteroatoms. The van der Waals surface area contributed by atoms with Gasteiger partial charge >= 0.3 is 6.18 Å². The van der Waals surface area contributed by atoms with Gasteiger partial charge in [0.1, 0.15) is 0 Å². The maximum atomic E-state index is 12.4. The van der Waals surface area contributed by atoms with Crippen molar-refractivity contribution in [1.82, 2.24) is 5.32 Å². The first-order valence-electron chi connectivity index (χ1n) is 5.50. The Morgan fingerprint density at radius 2 is 1.74 bits per heavy atom. The number of carbonyl (C=O) groups is 2. The van der Waals surface area contributed by atoms with Crippen molar-refractivity contribution < 1.29 is 22.8 Å². The molecule has 0 aromatic heterocycles. The van der Waals surface area contributed by atoms with Crippen LogP contribution in [-0.4, -0.2) is 11.8 Å². The lowest BCUT2D eigenvalue weighted by Gasteiger charge is -2.08. The van der Waals surface area contributed by atoms with Crippen molar-refractivity contribution in [3.8, 4) is 0 Å². The van der Waals surface area contributed by atoms with Crippen molar-refractivity contribution in [2.45, 2.75) is 19.5 Å². The van der Waals surface area contributed by atoms with Crippen molar-refractivity contribution in [3.63, 3.8) is 0 Å². The Balaban J connectivity index is 2.35. The first-order chi connectivity index (χ1) is 8.79. The molecule has 1 aromatic rings. The molecule has 0 atom stereocenters. The number of nitrogens with one attached hydrogen (secondary N) is 1. The van der Waals surface area contributed by atoms with Gasteiger partial charge in [0, 0.05) is 5.57 Å². The van der Waals surface area contributed by atoms with Crippen LogP contribution in [0.2, 0.25) is 0 Å². The number of alkyl halides is 3. The van der Waals surface area contributed by atoms with Gasteiger partial charge in [-0.25, -0.2) is 0 Å². The fourth-order valence-electron chi connectivity index (χ4n) is 1.87. The van der Waals surface area contributed by atoms with E-state index in [1.54, 1.807) is 6.92 Å². The minimum atomic E-state index is -4.39. The van der Waals surface area contributed by atoms with E-state index in [1.807, 2.05) is 0 Å². The molecule has 1 N–H and O–H groups in total. The monoisotopic (exact) mass is 269 g/mol. The van der Waals surface area contributed by atoms with E-state index in [-0.39, 0.29) is 6.42 Å². The van der Waals surface area contributed by atoms with Crippen molar-refractivity contribution in [2.24, 2.45) is 0 Å². The van der Waals surface area contributed by atoms with E-state index in [9.17, 15) is 22.8 Å². The summed E-state index contributed by atoms with van der Waals surface area (Å²) < 4.78 is 37.2. The number of rotatable bonds is 1. The second kappa shape index (κ2) is 4.53. The number of amides is 2. The number of imide groups is 1. The number of allylic oxidation sites excluding steroid dienone is 1. The Bertz CT molecular complexity index is 571. The smallest absolute Gasteiger partial charge is 0.292 e. The third-order valence-corrected chi connectivity index (χ3v) is 2.96. The summed E-state index contributed by atoms with van der Waals surface area (Å²) in [6, 6.07) is 4.49. The van der Waals surface area contributed by atoms with Crippen LogP contribution in [0.25, 0.3) is 5.57 Å². The number of carbonyl (C=O) groups excluding carboxylic acids is 2. The number of hydrogen-bond acceptors (Lipinski definition) is 2. The quantitative estimate of drug-likeness (QED) is 0.629. The third kappa shape index (κ3) is 2.67. The summed E-state index contributed by atoms with van der Waals surface area (Å²) in [5, 5.41) is 2.14. The highest BCUT2D eigenvalue weighted by atomic mass is 19.4. The Hall–Kier alpha value is -2.11. The Kier molecular flexibility index (Phi) is 3.18. The summed E-state index contributed by atoms with van der Waals surface area (Å²) >= 11 is 0. The van der Waals surface area contributed by atoms with Crippen LogP contribution in [0.5, 0.6) is 0 Å². The molecule has 0 aliphatic carbocycles. The molecule has 3 nitrogen and oxygen atoms in total. The van der Waals surface area contributed by atoms with Gasteiger partial charge in [-0.1, -0.05) is 12.1 Å². The van der Waals surface area contributed by atoms with Crippen LogP contribution >= 0.6 is 0 Å². The summed E-state index contributed by atoms with van der Waals surface area (Å²) in [5.74, 6) is -0.881. The van der Waals surface area contributed by atoms with E-state index in [1.165, 1.54) is 12.1 Å². The summed E-state index contributed by atoms with van der Waals surface area (Å²) in [6.45, 7) is 1.61. The first kappa shape index (κ1) is 13.3. The molecule has 0 unspecified atom stereocenters. The molecule has 1 aliphatic rings. The van der Waals surface area contributed by atoms with E-state index < -0.39 is 23.6 Å². The van der Waals surface area contributed by atoms with Crippen LogP contribution in [0.1, 0.15) is 24.5 Å². The predicted molar refractivity (Wildman–Crippen MR) is 61.8 cm³/mol. The Labute approximate surface area is 107 Å². The lowest BCUT2D eigenvalue weighted by atomic mass is 9.99. The van der Waals surface area contributed by atoms with Gasteiger partial charge in [-0.05, 0) is 30.2 Å². The maximum Gasteiger partial charge on any atom is 0.416 e. The highest BCUT2D eigenvalue weighted by Gasteiger charge is 2.30. The number of benzene rings is 1. The molecule has 1 aliphatic heterocycles. The summed E-state index contributed by atoms with van der Waals surface area (Å²) in [6.07, 6.45) is -4.42. The summed E-state index contributed by atoms with van der Waals surface area (Å²) in [7, 11) is 0. The van der Waals surface area contributed by atoms with Crippen molar-refractivity contribution in [1.29, 1.82) is 0 Å². The Morgan fingerprint density at radius 1 is 1.16 bits per heavy atom. The molecule has 2 amide bonds. The molecule has 1 saturated heterocycles. The maximum absolute atomic E-state index is 12.4. The fourth-order valence-corrected chi connectivity index (χ4v) is 1.87. The second-order valence-electron chi connectivity index (χ2n) is 4.23. The Morgan fingerprint density at radius 3 is 2.16 bits per heavy atom. The van der Waals surface area contributed by atoms with Crippen LogP contribution in [0, 0.1) is 0 Å². The van der Waals surface area contributed by atoms with E-state index in [2.05, 4.69) is 5.32 Å². The van der Waals surface area contributed by atoms with Crippen LogP contribution in [-0.2, 0) is 15.8 Å². The topological polar surface area (TPSA) is 46.2 Å². The molecular formula is C13H10F3NO2. The molecule has 100 valence electrons. The largest absolute Gasteiger partial charge is 0.416 e. The molecule has 2 rings (SSSR count). The third-order valence-electron chi connectivity index (χ3n) is 2.96. The zero-order valence-corrected chi connectivity index (χ0v) is 9.97. The zero-order chi connectivity index (χ0) is 14.2. The molecule has 0 radical (unpaired) electrons. The van der Waals surface area contributed by atoms with Gasteiger partial charge < -0.3 is 0 Å². The van der Waals surface area contributed by atoms with Crippen molar-refractivity contribution >= 4 is 17.4 Å². The van der Waals surface area contributed by atoms with Crippen molar-refractivity contribution in [3.05, 3.63) is 41.0 Å². The highest BCUT2D eigenvalue weighted by molar-refractivity contribution is 6.17. The van der Waals surface area contributed by atoms with Crippen LogP contribution in [0.15, 0.2) is 29.8 Å². The van der Waals surface area contributed by atoms with E-state index in [0.717, 1.165) is 12.1 Å². The minimum Gasteiger partial charge on any atom is -0.292 e. The van der Waals surface area contributed by atoms with Gasteiger partial charge in [0.2, 0.25) is 5.91 Å². The number of halogens is 3. The number of hydrogen-bond donors (Lipinski definition) is 1. The zero-order valence-electron chi connectivity index (χ0n) is 9.97. The van der Waals surface area contributed by atoms with Gasteiger partial charge in [-0.15, -0.1) is 0 Å². The van der Waals surface area contributed by atoms with E-state index >= 15 is 0 Å². The molecule has 0 saturated carbocycles. The minimum absolute atomic E-state index is 0.0360. The first-order valence-corrected chi connectivity index (χ1v) is 5.50. The SMILES string of the molecule is CC(=C1CC(=O)NC1=O)c1ccc(C(F)(F)F)cc1. The summed E-state index contributed by atoms with van der Waals surface area (Å²) in [4.78, 5) is 22.5. The van der Waals surface area contributed by atoms with Crippen LogP contribution in [0.4, 0.5) is 13.2 Å². The van der Waals surface area contributed by atoms with Gasteiger partial charge in [0.05, 0.1) is 12.0 Å². The van der Waals surface area contributed by atoms with Gasteiger partial charge in [0.15, 0.2) is 0 Å². The standard InChI is InChI=1S/C13H10F3NO2/c1-7(10-6-11(18)17-12(10)19)8-2-4-9(5-3-8)13(14,15)16/h2-5H,6H2,1H3,(H,17,18,19). The molecule has 1 heterocycles. The normalized spacial score (nSPS) is 18.5. The molecule has 0 spiro atoms. The highest BCUT2D eigenvalue weighted by Crippen LogP contribution is 2.31. The molecule has 1 fully saturated rings. The van der Waals surface area contributed by atoms with E-state index in [0.29, 0.717) is 16.7 Å². The van der Waals surface area contributed by atoms with Crippen LogP contribution in [0.3, 0.4) is 0 Å². The molecule has 19 heavy (non-hydrogen) atoms. The van der Waals surface area contributed by atoms with Gasteiger partial charge in [-0.2, -0.15) is 13.2 Å². The lowest BCUT2D eigenvalue weighted by Crippen LogP contribution is -2.19. The van der Waals surface area contributed by atoms with E-state index in [4.69, 9.17) is 0 Å². The van der Waals surface area contributed by atoms with Crippen LogP contribution < -0.4 is 5.32 Å². The molecule has 1 aromatic carbocycles. The predicted octanol–water partition coefficient (Wildman–Crippen LogP) is 2.53. The second-order valence-corrected chi connectivity index (χ2v) is 4.23. The fraction of sp³-hybridized carbons (Fsp3) is 0.231. The average Bonchev–Trinajstić information content (AvgIpc) is 2.66. The van der Waals surface area contributed by atoms with Gasteiger partial charge in [-0.3, -0.25) is 14.9 Å². The molecule has 0 bridgehead atoms.